The van der Waals surface area contributed by atoms with Crippen LogP contribution in [-0.4, -0.2) is 4.98 Å². The summed E-state index contributed by atoms with van der Waals surface area (Å²) in [6.07, 6.45) is 5.58. The summed E-state index contributed by atoms with van der Waals surface area (Å²) in [4.78, 5) is 4.55. The molecule has 1 aromatic carbocycles. The van der Waals surface area contributed by atoms with Gasteiger partial charge in [0.2, 0.25) is 0 Å². The highest BCUT2D eigenvalue weighted by Crippen LogP contribution is 2.32. The van der Waals surface area contributed by atoms with Crippen LogP contribution >= 0.6 is 0 Å². The number of hydrogen-bond donors (Lipinski definition) is 0. The average Bonchev–Trinajstić information content (AvgIpc) is 2.45. The number of benzene rings is 1. The zero-order valence-corrected chi connectivity index (χ0v) is 12.2. The van der Waals surface area contributed by atoms with Crippen molar-refractivity contribution in [2.45, 2.75) is 46.0 Å². The Hall–Kier alpha value is -1.63. The third kappa shape index (κ3) is 3.23. The van der Waals surface area contributed by atoms with Gasteiger partial charge in [-0.2, -0.15) is 0 Å². The van der Waals surface area contributed by atoms with Gasteiger partial charge in [0.25, 0.3) is 0 Å². The molecule has 0 aliphatic rings. The molecule has 0 radical (unpaired) electrons. The minimum absolute atomic E-state index is 0.642. The Bertz CT molecular complexity index is 531. The third-order valence-electron chi connectivity index (χ3n) is 3.72. The van der Waals surface area contributed by atoms with Crippen LogP contribution < -0.4 is 0 Å². The zero-order valence-electron chi connectivity index (χ0n) is 12.2. The lowest BCUT2D eigenvalue weighted by molar-refractivity contribution is 0.597. The van der Waals surface area contributed by atoms with Gasteiger partial charge in [0.1, 0.15) is 0 Å². The van der Waals surface area contributed by atoms with Gasteiger partial charge < -0.3 is 0 Å². The molecule has 0 saturated heterocycles. The summed E-state index contributed by atoms with van der Waals surface area (Å²) in [7, 11) is 0. The Morgan fingerprint density at radius 1 is 1.11 bits per heavy atom. The molecule has 0 N–H and O–H groups in total. The van der Waals surface area contributed by atoms with E-state index in [0.29, 0.717) is 5.92 Å². The van der Waals surface area contributed by atoms with Crippen LogP contribution in [0.4, 0.5) is 0 Å². The molecule has 1 aromatic heterocycles. The van der Waals surface area contributed by atoms with E-state index < -0.39 is 0 Å². The van der Waals surface area contributed by atoms with Crippen molar-refractivity contribution >= 4 is 0 Å². The number of rotatable bonds is 5. The molecule has 100 valence electrons. The maximum atomic E-state index is 4.55. The second-order valence-corrected chi connectivity index (χ2v) is 5.20. The van der Waals surface area contributed by atoms with Crippen molar-refractivity contribution in [3.63, 3.8) is 0 Å². The summed E-state index contributed by atoms with van der Waals surface area (Å²) in [5, 5.41) is 0. The number of aryl methyl sites for hydroxylation is 1. The standard InChI is InChI=1S/C18H23N/c1-4-8-15(5-2)16-9-6-7-10-17(16)18-13-14(3)11-12-19-18/h6-7,9-13,15H,4-5,8H2,1-3H3. The zero-order chi connectivity index (χ0) is 13.7. The molecular formula is C18H23N. The lowest BCUT2D eigenvalue weighted by Crippen LogP contribution is -2.00. The van der Waals surface area contributed by atoms with Gasteiger partial charge in [0, 0.05) is 11.8 Å². The van der Waals surface area contributed by atoms with Gasteiger partial charge in [-0.3, -0.25) is 4.98 Å². The fraction of sp³-hybridized carbons (Fsp3) is 0.389. The maximum Gasteiger partial charge on any atom is 0.0707 e. The minimum Gasteiger partial charge on any atom is -0.256 e. The van der Waals surface area contributed by atoms with Crippen LogP contribution in [-0.2, 0) is 0 Å². The first-order valence-electron chi connectivity index (χ1n) is 7.28. The fourth-order valence-electron chi connectivity index (χ4n) is 2.70. The van der Waals surface area contributed by atoms with Crippen LogP contribution in [0.5, 0.6) is 0 Å². The van der Waals surface area contributed by atoms with Gasteiger partial charge in [-0.1, -0.05) is 44.5 Å². The van der Waals surface area contributed by atoms with Crippen molar-refractivity contribution in [3.8, 4) is 11.3 Å². The first-order chi connectivity index (χ1) is 9.26. The predicted molar refractivity (Wildman–Crippen MR) is 82.4 cm³/mol. The highest BCUT2D eigenvalue weighted by molar-refractivity contribution is 5.65. The van der Waals surface area contributed by atoms with Gasteiger partial charge in [-0.25, -0.2) is 0 Å². The summed E-state index contributed by atoms with van der Waals surface area (Å²) in [6.45, 7) is 6.66. The van der Waals surface area contributed by atoms with Crippen molar-refractivity contribution in [2.75, 3.05) is 0 Å². The molecule has 19 heavy (non-hydrogen) atoms. The van der Waals surface area contributed by atoms with E-state index in [1.165, 1.54) is 36.0 Å². The van der Waals surface area contributed by atoms with Crippen molar-refractivity contribution in [3.05, 3.63) is 53.7 Å². The summed E-state index contributed by atoms with van der Waals surface area (Å²) in [5.41, 5.74) is 5.12. The van der Waals surface area contributed by atoms with Gasteiger partial charge in [0.15, 0.2) is 0 Å². The van der Waals surface area contributed by atoms with E-state index in [1.807, 2.05) is 6.20 Å². The van der Waals surface area contributed by atoms with Gasteiger partial charge in [-0.15, -0.1) is 0 Å². The molecule has 0 amide bonds. The topological polar surface area (TPSA) is 12.9 Å². The monoisotopic (exact) mass is 253 g/mol. The van der Waals surface area contributed by atoms with Crippen LogP contribution in [0.25, 0.3) is 11.3 Å². The second-order valence-electron chi connectivity index (χ2n) is 5.20. The van der Waals surface area contributed by atoms with Crippen LogP contribution in [0.3, 0.4) is 0 Å². The molecule has 2 rings (SSSR count). The largest absolute Gasteiger partial charge is 0.256 e. The third-order valence-corrected chi connectivity index (χ3v) is 3.72. The smallest absolute Gasteiger partial charge is 0.0707 e. The molecule has 1 heteroatoms. The first-order valence-corrected chi connectivity index (χ1v) is 7.28. The Balaban J connectivity index is 2.46. The van der Waals surface area contributed by atoms with Crippen molar-refractivity contribution in [1.29, 1.82) is 0 Å². The molecule has 1 nitrogen and oxygen atoms in total. The van der Waals surface area contributed by atoms with E-state index in [-0.39, 0.29) is 0 Å². The highest BCUT2D eigenvalue weighted by Gasteiger charge is 2.14. The average molecular weight is 253 g/mol. The van der Waals surface area contributed by atoms with E-state index in [0.717, 1.165) is 5.69 Å². The van der Waals surface area contributed by atoms with Crippen LogP contribution in [0.1, 0.15) is 50.2 Å². The SMILES string of the molecule is CCCC(CC)c1ccccc1-c1cc(C)ccn1. The van der Waals surface area contributed by atoms with E-state index >= 15 is 0 Å². The molecule has 1 heterocycles. The van der Waals surface area contributed by atoms with Crippen LogP contribution in [0, 0.1) is 6.92 Å². The van der Waals surface area contributed by atoms with E-state index in [2.05, 4.69) is 62.2 Å². The van der Waals surface area contributed by atoms with Crippen molar-refractivity contribution in [2.24, 2.45) is 0 Å². The lowest BCUT2D eigenvalue weighted by atomic mass is 9.87. The Kier molecular flexibility index (Phi) is 4.73. The molecule has 0 spiro atoms. The quantitative estimate of drug-likeness (QED) is 0.700. The maximum absolute atomic E-state index is 4.55. The molecule has 0 aliphatic heterocycles. The normalized spacial score (nSPS) is 12.4. The fourth-order valence-corrected chi connectivity index (χ4v) is 2.70. The summed E-state index contributed by atoms with van der Waals surface area (Å²) in [5.74, 6) is 0.642. The predicted octanol–water partition coefficient (Wildman–Crippen LogP) is 5.35. The van der Waals surface area contributed by atoms with E-state index in [1.54, 1.807) is 0 Å². The van der Waals surface area contributed by atoms with E-state index in [4.69, 9.17) is 0 Å². The van der Waals surface area contributed by atoms with Crippen molar-refractivity contribution < 1.29 is 0 Å². The van der Waals surface area contributed by atoms with Gasteiger partial charge in [-0.05, 0) is 48.9 Å². The first kappa shape index (κ1) is 13.8. The number of hydrogen-bond acceptors (Lipinski definition) is 1. The molecule has 0 saturated carbocycles. The van der Waals surface area contributed by atoms with Crippen molar-refractivity contribution in [1.82, 2.24) is 4.98 Å². The Labute approximate surface area is 116 Å². The number of nitrogens with zero attached hydrogens (tertiary/aromatic N) is 1. The lowest BCUT2D eigenvalue weighted by Gasteiger charge is -2.18. The Morgan fingerprint density at radius 2 is 1.89 bits per heavy atom. The summed E-state index contributed by atoms with van der Waals surface area (Å²) in [6, 6.07) is 13.0. The summed E-state index contributed by atoms with van der Waals surface area (Å²) < 4.78 is 0. The number of aromatic nitrogens is 1. The minimum atomic E-state index is 0.642. The van der Waals surface area contributed by atoms with Crippen LogP contribution in [0.15, 0.2) is 42.6 Å². The second kappa shape index (κ2) is 6.51. The molecule has 0 bridgehead atoms. The van der Waals surface area contributed by atoms with Gasteiger partial charge in [0.05, 0.1) is 5.69 Å². The molecule has 2 aromatic rings. The molecule has 0 aliphatic carbocycles. The molecular weight excluding hydrogens is 230 g/mol. The van der Waals surface area contributed by atoms with Crippen LogP contribution in [0.2, 0.25) is 0 Å². The molecule has 0 fully saturated rings. The van der Waals surface area contributed by atoms with Gasteiger partial charge >= 0.3 is 0 Å². The summed E-state index contributed by atoms with van der Waals surface area (Å²) >= 11 is 0. The molecule has 1 unspecified atom stereocenters. The highest BCUT2D eigenvalue weighted by atomic mass is 14.7. The van der Waals surface area contributed by atoms with E-state index in [9.17, 15) is 0 Å². The molecule has 1 atom stereocenters. The number of pyridine rings is 1. The Morgan fingerprint density at radius 3 is 2.58 bits per heavy atom.